The lowest BCUT2D eigenvalue weighted by Crippen LogP contribution is -2.45. The van der Waals surface area contributed by atoms with Crippen LogP contribution in [0.25, 0.3) is 0 Å². The molecule has 1 aliphatic heterocycles. The highest BCUT2D eigenvalue weighted by molar-refractivity contribution is 5.77. The van der Waals surface area contributed by atoms with Crippen molar-refractivity contribution in [2.75, 3.05) is 25.0 Å². The van der Waals surface area contributed by atoms with E-state index in [0.717, 1.165) is 44.1 Å². The van der Waals surface area contributed by atoms with Crippen molar-refractivity contribution < 1.29 is 14.3 Å². The Morgan fingerprint density at radius 3 is 2.46 bits per heavy atom. The van der Waals surface area contributed by atoms with Crippen LogP contribution < -0.4 is 33.1 Å². The summed E-state index contributed by atoms with van der Waals surface area (Å²) < 4.78 is 7.63. The topological polar surface area (TPSA) is 179 Å². The van der Waals surface area contributed by atoms with Gasteiger partial charge in [0.15, 0.2) is 5.96 Å². The Hall–Kier alpha value is -3.15. The number of rotatable bonds is 16. The number of nitrogens with one attached hydrogen (secondary N) is 3. The van der Waals surface area contributed by atoms with Crippen LogP contribution in [0.1, 0.15) is 83.4 Å². The Bertz CT molecular complexity index is 961. The minimum atomic E-state index is -0.614. The highest BCUT2D eigenvalue weighted by Gasteiger charge is 2.37. The predicted octanol–water partition coefficient (Wildman–Crippen LogP) is 1.29. The Labute approximate surface area is 219 Å². The number of guanidine groups is 1. The van der Waals surface area contributed by atoms with E-state index in [9.17, 15) is 14.4 Å². The third-order valence-corrected chi connectivity index (χ3v) is 6.24. The Balaban J connectivity index is 2.09. The second kappa shape index (κ2) is 15.9. The zero-order valence-electron chi connectivity index (χ0n) is 22.4. The SMILES string of the molecule is CCCCCC(=O)NC[C@H]1O[C@@H](n2cc(C)c(NCCN=C(N)N)nc2=O)C[C@@H]1NC(=O)CCCCC. The minimum Gasteiger partial charge on any atom is -0.370 e. The summed E-state index contributed by atoms with van der Waals surface area (Å²) >= 11 is 0. The van der Waals surface area contributed by atoms with Gasteiger partial charge in [0.2, 0.25) is 11.8 Å². The highest BCUT2D eigenvalue weighted by Crippen LogP contribution is 2.28. The highest BCUT2D eigenvalue weighted by atomic mass is 16.5. The quantitative estimate of drug-likeness (QED) is 0.123. The molecule has 0 aliphatic carbocycles. The van der Waals surface area contributed by atoms with Crippen LogP contribution in [0, 0.1) is 6.92 Å². The van der Waals surface area contributed by atoms with Gasteiger partial charge in [-0.25, -0.2) is 4.79 Å². The first-order valence-electron chi connectivity index (χ1n) is 13.4. The molecule has 2 amide bonds. The lowest BCUT2D eigenvalue weighted by atomic mass is 10.1. The molecule has 0 spiro atoms. The van der Waals surface area contributed by atoms with Crippen molar-refractivity contribution in [2.45, 2.75) is 96.9 Å². The van der Waals surface area contributed by atoms with Gasteiger partial charge in [-0.05, 0) is 19.8 Å². The summed E-state index contributed by atoms with van der Waals surface area (Å²) in [5, 5.41) is 9.04. The number of carbonyl (C=O) groups excluding carboxylic acids is 2. The second-order valence-electron chi connectivity index (χ2n) is 9.45. The molecule has 12 heteroatoms. The fourth-order valence-corrected chi connectivity index (χ4v) is 4.21. The average Bonchev–Trinajstić information content (AvgIpc) is 3.24. The molecule has 3 atom stereocenters. The Kier molecular flexibility index (Phi) is 12.9. The van der Waals surface area contributed by atoms with E-state index in [-0.39, 0.29) is 30.4 Å². The van der Waals surface area contributed by atoms with E-state index in [1.54, 1.807) is 6.20 Å². The van der Waals surface area contributed by atoms with Crippen LogP contribution in [-0.4, -0.2) is 59.1 Å². The Morgan fingerprint density at radius 1 is 1.14 bits per heavy atom. The van der Waals surface area contributed by atoms with Gasteiger partial charge in [0, 0.05) is 44.1 Å². The lowest BCUT2D eigenvalue weighted by Gasteiger charge is -2.20. The molecule has 1 saturated heterocycles. The molecule has 1 fully saturated rings. The monoisotopic (exact) mass is 520 g/mol. The predicted molar refractivity (Wildman–Crippen MR) is 144 cm³/mol. The van der Waals surface area contributed by atoms with Gasteiger partial charge in [-0.1, -0.05) is 39.5 Å². The van der Waals surface area contributed by atoms with Crippen molar-refractivity contribution >= 4 is 23.6 Å². The van der Waals surface area contributed by atoms with Gasteiger partial charge in [0.1, 0.15) is 12.0 Å². The smallest absolute Gasteiger partial charge is 0.351 e. The van der Waals surface area contributed by atoms with Crippen molar-refractivity contribution in [1.82, 2.24) is 20.2 Å². The zero-order chi connectivity index (χ0) is 27.2. The van der Waals surface area contributed by atoms with Crippen molar-refractivity contribution in [3.63, 3.8) is 0 Å². The Morgan fingerprint density at radius 2 is 1.81 bits per heavy atom. The van der Waals surface area contributed by atoms with E-state index in [4.69, 9.17) is 16.2 Å². The van der Waals surface area contributed by atoms with E-state index in [1.807, 2.05) is 6.92 Å². The lowest BCUT2D eigenvalue weighted by molar-refractivity contribution is -0.122. The van der Waals surface area contributed by atoms with E-state index < -0.39 is 18.0 Å². The number of amides is 2. The van der Waals surface area contributed by atoms with Crippen LogP contribution in [0.4, 0.5) is 5.82 Å². The first-order valence-corrected chi connectivity index (χ1v) is 13.4. The molecule has 2 rings (SSSR count). The summed E-state index contributed by atoms with van der Waals surface area (Å²) in [5.74, 6) is 0.351. The number of aryl methyl sites for hydroxylation is 1. The number of hydrogen-bond acceptors (Lipinski definition) is 7. The molecule has 0 unspecified atom stereocenters. The summed E-state index contributed by atoms with van der Waals surface area (Å²) in [6.07, 6.45) is 7.62. The van der Waals surface area contributed by atoms with Gasteiger partial charge in [-0.3, -0.25) is 19.1 Å². The van der Waals surface area contributed by atoms with Gasteiger partial charge in [0.25, 0.3) is 0 Å². The number of nitrogens with zero attached hydrogens (tertiary/aromatic N) is 3. The third kappa shape index (κ3) is 10.4. The molecular formula is C25H44N8O4. The van der Waals surface area contributed by atoms with Crippen molar-refractivity contribution in [3.05, 3.63) is 22.2 Å². The molecule has 1 aromatic heterocycles. The normalized spacial score (nSPS) is 18.8. The van der Waals surface area contributed by atoms with E-state index >= 15 is 0 Å². The molecule has 0 aromatic carbocycles. The van der Waals surface area contributed by atoms with Gasteiger partial charge in [-0.15, -0.1) is 0 Å². The fraction of sp³-hybridized carbons (Fsp3) is 0.720. The first kappa shape index (κ1) is 30.1. The van der Waals surface area contributed by atoms with E-state index in [2.05, 4.69) is 39.8 Å². The third-order valence-electron chi connectivity index (χ3n) is 6.24. The van der Waals surface area contributed by atoms with E-state index in [0.29, 0.717) is 38.2 Å². The average molecular weight is 521 g/mol. The van der Waals surface area contributed by atoms with Gasteiger partial charge < -0.3 is 32.2 Å². The molecule has 208 valence electrons. The standard InChI is InChI=1S/C25H44N8O4/c1-4-6-8-10-20(34)30-15-19-18(31-21(35)11-9-7-5-2)14-22(37-19)33-16-17(3)23(32-25(33)36)28-12-13-29-24(26)27/h16,18-19,22H,4-15H2,1-3H3,(H,30,34)(H,31,35)(H4,26,27,29)(H,28,32,36)/t18-,19+,22+/m0/s1. The largest absolute Gasteiger partial charge is 0.370 e. The summed E-state index contributed by atoms with van der Waals surface area (Å²) in [6.45, 7) is 7.04. The number of unbranched alkanes of at least 4 members (excludes halogenated alkanes) is 4. The number of carbonyl (C=O) groups is 2. The summed E-state index contributed by atoms with van der Waals surface area (Å²) in [7, 11) is 0. The number of aliphatic imine (C=N–C) groups is 1. The number of anilines is 1. The number of aromatic nitrogens is 2. The summed E-state index contributed by atoms with van der Waals surface area (Å²) in [6, 6.07) is -0.334. The molecule has 37 heavy (non-hydrogen) atoms. The van der Waals surface area contributed by atoms with Crippen LogP contribution in [0.5, 0.6) is 0 Å². The molecule has 0 saturated carbocycles. The van der Waals surface area contributed by atoms with Gasteiger partial charge in [-0.2, -0.15) is 4.98 Å². The van der Waals surface area contributed by atoms with Gasteiger partial charge >= 0.3 is 5.69 Å². The number of hydrogen-bond donors (Lipinski definition) is 5. The fourth-order valence-electron chi connectivity index (χ4n) is 4.21. The molecule has 12 nitrogen and oxygen atoms in total. The second-order valence-corrected chi connectivity index (χ2v) is 9.45. The van der Waals surface area contributed by atoms with Crippen LogP contribution in [-0.2, 0) is 14.3 Å². The van der Waals surface area contributed by atoms with Crippen LogP contribution >= 0.6 is 0 Å². The molecular weight excluding hydrogens is 476 g/mol. The van der Waals surface area contributed by atoms with Gasteiger partial charge in [0.05, 0.1) is 18.7 Å². The minimum absolute atomic E-state index is 0.000933. The molecule has 2 heterocycles. The first-order chi connectivity index (χ1) is 17.7. The van der Waals surface area contributed by atoms with Crippen LogP contribution in [0.15, 0.2) is 16.0 Å². The maximum Gasteiger partial charge on any atom is 0.351 e. The van der Waals surface area contributed by atoms with Crippen LogP contribution in [0.2, 0.25) is 0 Å². The van der Waals surface area contributed by atoms with Crippen molar-refractivity contribution in [1.29, 1.82) is 0 Å². The number of ether oxygens (including phenoxy) is 1. The molecule has 1 aromatic rings. The maximum absolute atomic E-state index is 12.9. The van der Waals surface area contributed by atoms with Crippen molar-refractivity contribution in [3.8, 4) is 0 Å². The van der Waals surface area contributed by atoms with Crippen molar-refractivity contribution in [2.24, 2.45) is 16.5 Å². The molecule has 1 aliphatic rings. The van der Waals surface area contributed by atoms with Crippen LogP contribution in [0.3, 0.4) is 0 Å². The number of nitrogens with two attached hydrogens (primary N) is 2. The van der Waals surface area contributed by atoms with E-state index in [1.165, 1.54) is 4.57 Å². The zero-order valence-corrected chi connectivity index (χ0v) is 22.4. The molecule has 7 N–H and O–H groups in total. The maximum atomic E-state index is 12.9. The molecule has 0 bridgehead atoms. The summed E-state index contributed by atoms with van der Waals surface area (Å²) in [4.78, 5) is 45.7. The summed E-state index contributed by atoms with van der Waals surface area (Å²) in [5.41, 5.74) is 10.9. The molecule has 0 radical (unpaired) electrons.